The van der Waals surface area contributed by atoms with Crippen LogP contribution in [0.3, 0.4) is 0 Å². The fourth-order valence-corrected chi connectivity index (χ4v) is 7.03. The molecule has 6 nitrogen and oxygen atoms in total. The minimum Gasteiger partial charge on any atom is -0.483 e. The van der Waals surface area contributed by atoms with Crippen molar-refractivity contribution in [3.05, 3.63) is 75.1 Å². The second-order valence-electron chi connectivity index (χ2n) is 11.1. The van der Waals surface area contributed by atoms with E-state index in [1.54, 1.807) is 0 Å². The SMILES string of the molecule is Cc1cc(OCC(=O)N2CC[C@@]3(O)CCCC[C@H]3[C@@H]2c2ccccc2)c2c3c(c(=O)oc2c1)CCCC3. The van der Waals surface area contributed by atoms with Gasteiger partial charge in [-0.3, -0.25) is 4.79 Å². The molecular formula is C31H35NO5. The Balaban J connectivity index is 1.32. The first-order valence-corrected chi connectivity index (χ1v) is 13.7. The highest BCUT2D eigenvalue weighted by atomic mass is 16.5. The van der Waals surface area contributed by atoms with Gasteiger partial charge >= 0.3 is 5.63 Å². The van der Waals surface area contributed by atoms with Gasteiger partial charge in [0.1, 0.15) is 11.3 Å². The minimum atomic E-state index is -0.722. The Bertz CT molecular complexity index is 1380. The highest BCUT2D eigenvalue weighted by Gasteiger charge is 2.50. The Morgan fingerprint density at radius 3 is 2.68 bits per heavy atom. The highest BCUT2D eigenvalue weighted by Crippen LogP contribution is 2.49. The van der Waals surface area contributed by atoms with Gasteiger partial charge in [-0.25, -0.2) is 4.79 Å². The fraction of sp³-hybridized carbons (Fsp3) is 0.484. The maximum atomic E-state index is 13.7. The van der Waals surface area contributed by atoms with E-state index in [1.807, 2.05) is 42.2 Å². The van der Waals surface area contributed by atoms with E-state index in [0.29, 0.717) is 24.3 Å². The number of benzene rings is 2. The first-order valence-electron chi connectivity index (χ1n) is 13.7. The monoisotopic (exact) mass is 501 g/mol. The highest BCUT2D eigenvalue weighted by molar-refractivity contribution is 5.89. The van der Waals surface area contributed by atoms with Crippen LogP contribution in [0.2, 0.25) is 0 Å². The zero-order valence-electron chi connectivity index (χ0n) is 21.5. The number of ether oxygens (including phenoxy) is 1. The molecule has 0 spiro atoms. The number of aryl methyl sites for hydroxylation is 2. The standard InChI is InChI=1S/C31H35NO5/c1-20-17-25(28-22-11-5-6-12-23(22)30(34)37-26(28)18-20)36-19-27(33)32-16-15-31(35)14-8-7-13-24(31)29(32)21-9-3-2-4-10-21/h2-4,9-10,17-18,24,29,35H,5-8,11-16,19H2,1H3/t24-,29-,31-/m0/s1. The van der Waals surface area contributed by atoms with Gasteiger partial charge in [-0.15, -0.1) is 0 Å². The summed E-state index contributed by atoms with van der Waals surface area (Å²) < 4.78 is 11.9. The van der Waals surface area contributed by atoms with Gasteiger partial charge in [0.25, 0.3) is 5.91 Å². The molecule has 1 N–H and O–H groups in total. The second kappa shape index (κ2) is 9.64. The fourth-order valence-electron chi connectivity index (χ4n) is 7.03. The molecule has 2 aliphatic carbocycles. The summed E-state index contributed by atoms with van der Waals surface area (Å²) in [4.78, 5) is 28.3. The van der Waals surface area contributed by atoms with Crippen LogP contribution in [-0.2, 0) is 17.6 Å². The van der Waals surface area contributed by atoms with Crippen LogP contribution in [0.25, 0.3) is 11.0 Å². The third-order valence-corrected chi connectivity index (χ3v) is 8.81. The lowest BCUT2D eigenvalue weighted by Crippen LogP contribution is -2.56. The van der Waals surface area contributed by atoms with Gasteiger partial charge in [-0.1, -0.05) is 43.2 Å². The predicted molar refractivity (Wildman–Crippen MR) is 142 cm³/mol. The molecule has 0 bridgehead atoms. The largest absolute Gasteiger partial charge is 0.483 e. The van der Waals surface area contributed by atoms with Crippen molar-refractivity contribution in [1.29, 1.82) is 0 Å². The molecule has 6 rings (SSSR count). The molecule has 0 unspecified atom stereocenters. The summed E-state index contributed by atoms with van der Waals surface area (Å²) in [5, 5.41) is 12.3. The molecule has 2 aromatic carbocycles. The van der Waals surface area contributed by atoms with Gasteiger partial charge in [0, 0.05) is 18.0 Å². The Hall–Kier alpha value is -3.12. The van der Waals surface area contributed by atoms with Crippen molar-refractivity contribution >= 4 is 16.9 Å². The molecule has 1 aromatic heterocycles. The van der Waals surface area contributed by atoms with E-state index in [4.69, 9.17) is 9.15 Å². The van der Waals surface area contributed by atoms with E-state index in [2.05, 4.69) is 12.1 Å². The topological polar surface area (TPSA) is 80.0 Å². The maximum Gasteiger partial charge on any atom is 0.339 e. The smallest absolute Gasteiger partial charge is 0.339 e. The summed E-state index contributed by atoms with van der Waals surface area (Å²) in [5.74, 6) is 0.539. The molecule has 1 aliphatic heterocycles. The number of likely N-dealkylation sites (tertiary alicyclic amines) is 1. The van der Waals surface area contributed by atoms with Crippen molar-refractivity contribution in [1.82, 2.24) is 4.90 Å². The molecule has 194 valence electrons. The van der Waals surface area contributed by atoms with E-state index in [0.717, 1.165) is 79.0 Å². The zero-order valence-corrected chi connectivity index (χ0v) is 21.5. The Morgan fingerprint density at radius 1 is 1.08 bits per heavy atom. The van der Waals surface area contributed by atoms with Crippen LogP contribution in [0.15, 0.2) is 51.7 Å². The molecule has 3 atom stereocenters. The number of amides is 1. The number of carbonyl (C=O) groups is 1. The van der Waals surface area contributed by atoms with Crippen LogP contribution < -0.4 is 10.4 Å². The molecule has 2 heterocycles. The summed E-state index contributed by atoms with van der Waals surface area (Å²) in [6.07, 6.45) is 7.94. The van der Waals surface area contributed by atoms with Gasteiger partial charge in [-0.05, 0) is 80.7 Å². The molecule has 3 aromatic rings. The second-order valence-corrected chi connectivity index (χ2v) is 11.1. The Labute approximate surface area is 217 Å². The molecular weight excluding hydrogens is 466 g/mol. The Kier molecular flexibility index (Phi) is 6.31. The van der Waals surface area contributed by atoms with E-state index < -0.39 is 5.60 Å². The van der Waals surface area contributed by atoms with E-state index in [9.17, 15) is 14.7 Å². The Morgan fingerprint density at radius 2 is 1.86 bits per heavy atom. The lowest BCUT2D eigenvalue weighted by molar-refractivity contribution is -0.157. The number of aliphatic hydroxyl groups is 1. The number of rotatable bonds is 4. The van der Waals surface area contributed by atoms with Crippen molar-refractivity contribution in [3.8, 4) is 5.75 Å². The van der Waals surface area contributed by atoms with E-state index >= 15 is 0 Å². The molecule has 3 aliphatic rings. The summed E-state index contributed by atoms with van der Waals surface area (Å²) >= 11 is 0. The number of hydrogen-bond donors (Lipinski definition) is 1. The van der Waals surface area contributed by atoms with Gasteiger partial charge < -0.3 is 19.2 Å². The number of piperidine rings is 1. The van der Waals surface area contributed by atoms with E-state index in [-0.39, 0.29) is 30.1 Å². The van der Waals surface area contributed by atoms with Crippen LogP contribution in [-0.4, -0.2) is 34.7 Å². The summed E-state index contributed by atoms with van der Waals surface area (Å²) in [6, 6.07) is 13.8. The van der Waals surface area contributed by atoms with Crippen molar-refractivity contribution in [2.75, 3.05) is 13.2 Å². The molecule has 2 fully saturated rings. The van der Waals surface area contributed by atoms with Gasteiger partial charge in [0.2, 0.25) is 0 Å². The molecule has 0 radical (unpaired) electrons. The third-order valence-electron chi connectivity index (χ3n) is 8.81. The third kappa shape index (κ3) is 4.35. The molecule has 1 saturated carbocycles. The summed E-state index contributed by atoms with van der Waals surface area (Å²) in [6.45, 7) is 2.35. The number of carbonyl (C=O) groups excluding carboxylic acids is 1. The van der Waals surface area contributed by atoms with Crippen LogP contribution in [0, 0.1) is 12.8 Å². The van der Waals surface area contributed by atoms with Crippen molar-refractivity contribution in [2.24, 2.45) is 5.92 Å². The van der Waals surface area contributed by atoms with Crippen LogP contribution >= 0.6 is 0 Å². The average molecular weight is 502 g/mol. The van der Waals surface area contributed by atoms with Crippen LogP contribution in [0.5, 0.6) is 5.75 Å². The van der Waals surface area contributed by atoms with Gasteiger partial charge in [0.15, 0.2) is 6.61 Å². The average Bonchev–Trinajstić information content (AvgIpc) is 2.91. The molecule has 37 heavy (non-hydrogen) atoms. The molecule has 1 amide bonds. The van der Waals surface area contributed by atoms with Crippen LogP contribution in [0.1, 0.15) is 73.2 Å². The lowest BCUT2D eigenvalue weighted by Gasteiger charge is -2.52. The number of hydrogen-bond acceptors (Lipinski definition) is 5. The molecule has 6 heteroatoms. The number of nitrogens with zero attached hydrogens (tertiary/aromatic N) is 1. The van der Waals surface area contributed by atoms with E-state index in [1.165, 1.54) is 0 Å². The summed E-state index contributed by atoms with van der Waals surface area (Å²) in [7, 11) is 0. The normalized spacial score (nSPS) is 25.4. The van der Waals surface area contributed by atoms with Crippen molar-refractivity contribution in [2.45, 2.75) is 76.4 Å². The lowest BCUT2D eigenvalue weighted by atomic mass is 9.66. The summed E-state index contributed by atoms with van der Waals surface area (Å²) in [5.41, 5.74) is 3.29. The molecule has 1 saturated heterocycles. The minimum absolute atomic E-state index is 0.0162. The first kappa shape index (κ1) is 24.2. The quantitative estimate of drug-likeness (QED) is 0.494. The predicted octanol–water partition coefficient (Wildman–Crippen LogP) is 5.25. The van der Waals surface area contributed by atoms with Gasteiger partial charge in [0.05, 0.1) is 17.0 Å². The van der Waals surface area contributed by atoms with Crippen molar-refractivity contribution < 1.29 is 19.1 Å². The first-order chi connectivity index (χ1) is 17.9. The zero-order chi connectivity index (χ0) is 25.6. The maximum absolute atomic E-state index is 13.7. The van der Waals surface area contributed by atoms with Crippen LogP contribution in [0.4, 0.5) is 0 Å². The van der Waals surface area contributed by atoms with Gasteiger partial charge in [-0.2, -0.15) is 0 Å². The van der Waals surface area contributed by atoms with Crippen molar-refractivity contribution in [3.63, 3.8) is 0 Å². The number of fused-ring (bicyclic) bond motifs is 4.